The normalized spacial score (nSPS) is 24.4. The Morgan fingerprint density at radius 1 is 0.412 bits per heavy atom. The van der Waals surface area contributed by atoms with Crippen LogP contribution in [0.3, 0.4) is 0 Å². The number of rotatable bonds is 4. The zero-order valence-corrected chi connectivity index (χ0v) is 16.7. The van der Waals surface area contributed by atoms with Crippen molar-refractivity contribution in [3.8, 4) is 0 Å². The molecule has 104 valence electrons. The molecule has 5 nitrogen and oxygen atoms in total. The van der Waals surface area contributed by atoms with Crippen molar-refractivity contribution in [1.82, 2.24) is 0 Å². The van der Waals surface area contributed by atoms with Crippen LogP contribution in [0.1, 0.15) is 0 Å². The standard InChI is InChI=1S/Cl7O5P5/c1-13(2,8)15(5,10)17(7,12)16(6,11)14(3,4)9. The van der Waals surface area contributed by atoms with Gasteiger partial charge in [-0.15, -0.1) is 0 Å². The summed E-state index contributed by atoms with van der Waals surface area (Å²) in [5, 5.41) is 0. The molecule has 0 bridgehead atoms. The van der Waals surface area contributed by atoms with Crippen LogP contribution in [0.5, 0.6) is 0 Å². The van der Waals surface area contributed by atoms with Gasteiger partial charge in [-0.3, -0.25) is 22.8 Å². The number of hydrogen-bond donors (Lipinski definition) is 0. The van der Waals surface area contributed by atoms with E-state index >= 15 is 0 Å². The lowest BCUT2D eigenvalue weighted by Crippen LogP contribution is -1.69. The van der Waals surface area contributed by atoms with Gasteiger partial charge < -0.3 is 0 Å². The number of hydrogen-bond acceptors (Lipinski definition) is 5. The highest BCUT2D eigenvalue weighted by Gasteiger charge is 2.68. The predicted molar refractivity (Wildman–Crippen MR) is 79.0 cm³/mol. The van der Waals surface area contributed by atoms with Gasteiger partial charge in [0.05, 0.1) is 0 Å². The van der Waals surface area contributed by atoms with E-state index in [1.54, 1.807) is 0 Å². The molecule has 2 atom stereocenters. The maximum atomic E-state index is 11.8. The van der Waals surface area contributed by atoms with Crippen LogP contribution in [-0.2, 0) is 22.8 Å². The first-order valence-corrected chi connectivity index (χ1v) is 20.6. The Morgan fingerprint density at radius 2 is 0.588 bits per heavy atom. The van der Waals surface area contributed by atoms with Crippen LogP contribution in [0.4, 0.5) is 0 Å². The van der Waals surface area contributed by atoms with Crippen molar-refractivity contribution < 1.29 is 22.8 Å². The van der Waals surface area contributed by atoms with E-state index in [1.165, 1.54) is 0 Å². The highest BCUT2D eigenvalue weighted by atomic mass is 35.9. The fraction of sp³-hybridized carbons (Fsp3) is 0. The molecule has 0 aromatic heterocycles. The Morgan fingerprint density at radius 3 is 0.706 bits per heavy atom. The Labute approximate surface area is 129 Å². The van der Waals surface area contributed by atoms with E-state index in [9.17, 15) is 22.8 Å². The van der Waals surface area contributed by atoms with Crippen LogP contribution in [0.25, 0.3) is 0 Å². The second kappa shape index (κ2) is 5.76. The molecule has 17 heavy (non-hydrogen) atoms. The average molecular weight is 483 g/mol. The Kier molecular flexibility index (Phi) is 6.84. The molecule has 0 saturated heterocycles. The van der Waals surface area contributed by atoms with Gasteiger partial charge in [0.25, 0.3) is 0 Å². The Hall–Kier alpha value is 3.18. The van der Waals surface area contributed by atoms with Crippen molar-refractivity contribution in [2.75, 3.05) is 0 Å². The van der Waals surface area contributed by atoms with Crippen LogP contribution in [-0.4, -0.2) is 0 Å². The fourth-order valence-corrected chi connectivity index (χ4v) is 57.4. The highest BCUT2D eigenvalue weighted by Crippen LogP contribution is 3.23. The van der Waals surface area contributed by atoms with Crippen molar-refractivity contribution in [2.24, 2.45) is 0 Å². The summed E-state index contributed by atoms with van der Waals surface area (Å²) in [5.74, 6) is -15.6. The molecule has 17 heteroatoms. The van der Waals surface area contributed by atoms with E-state index in [4.69, 9.17) is 78.7 Å². The maximum absolute atomic E-state index is 11.8. The van der Waals surface area contributed by atoms with Gasteiger partial charge in [-0.05, 0) is 78.7 Å². The third kappa shape index (κ3) is 3.69. The van der Waals surface area contributed by atoms with Crippen LogP contribution in [0, 0.1) is 0 Å². The molecule has 2 unspecified atom stereocenters. The first-order valence-electron chi connectivity index (χ1n) is 2.90. The molecule has 0 aromatic rings. The van der Waals surface area contributed by atoms with E-state index in [0.29, 0.717) is 0 Å². The molecule has 0 heterocycles. The predicted octanol–water partition coefficient (Wildman–Crippen LogP) is 8.54. The summed E-state index contributed by atoms with van der Waals surface area (Å²) >= 11 is 35.4. The quantitative estimate of drug-likeness (QED) is 0.374. The lowest BCUT2D eigenvalue weighted by molar-refractivity contribution is 0.572. The average Bonchev–Trinajstić information content (AvgIpc) is 1.98. The summed E-state index contributed by atoms with van der Waals surface area (Å²) in [7, 11) is 0. The van der Waals surface area contributed by atoms with Crippen molar-refractivity contribution in [3.05, 3.63) is 0 Å². The molecule has 0 amide bonds. The molecule has 0 aromatic carbocycles. The van der Waals surface area contributed by atoms with E-state index in [0.717, 1.165) is 0 Å². The molecule has 0 saturated carbocycles. The smallest absolute Gasteiger partial charge is 0.287 e. The first-order chi connectivity index (χ1) is 7.00. The van der Waals surface area contributed by atoms with E-state index in [-0.39, 0.29) is 0 Å². The third-order valence-corrected chi connectivity index (χ3v) is 57.7. The Balaban J connectivity index is 6.23. The summed E-state index contributed by atoms with van der Waals surface area (Å²) in [4.78, 5) is 0. The molecule has 0 aliphatic carbocycles. The van der Waals surface area contributed by atoms with E-state index < -0.39 is 28.7 Å². The van der Waals surface area contributed by atoms with Gasteiger partial charge in [-0.2, -0.15) is 0 Å². The first kappa shape index (κ1) is 20.2. The SMILES string of the molecule is O=P(Cl)(Cl)P(=O)(Cl)P(=O)(Cl)P(=O)(Cl)P(=O)(Cl)Cl. The fourth-order valence-electron chi connectivity index (χ4n) is 0.393. The molecule has 0 fully saturated rings. The minimum absolute atomic E-state index is 4.78. The van der Waals surface area contributed by atoms with Crippen molar-refractivity contribution >= 4 is 107 Å². The zero-order chi connectivity index (χ0) is 14.5. The summed E-state index contributed by atoms with van der Waals surface area (Å²) in [5.41, 5.74) is -9.56. The molecule has 0 N–H and O–H groups in total. The maximum Gasteiger partial charge on any atom is 0.330 e. The second-order valence-electron chi connectivity index (χ2n) is 2.29. The minimum atomic E-state index is -5.28. The van der Waals surface area contributed by atoms with Crippen LogP contribution in [0.15, 0.2) is 0 Å². The van der Waals surface area contributed by atoms with Gasteiger partial charge in [0, 0.05) is 0 Å². The van der Waals surface area contributed by atoms with Gasteiger partial charge in [-0.1, -0.05) is 0 Å². The lowest BCUT2D eigenvalue weighted by Gasteiger charge is -2.21. The summed E-state index contributed by atoms with van der Waals surface area (Å²) < 4.78 is 57.6. The van der Waals surface area contributed by atoms with Crippen LogP contribution >= 0.6 is 107 Å². The summed E-state index contributed by atoms with van der Waals surface area (Å²) in [6.45, 7) is 0. The summed E-state index contributed by atoms with van der Waals surface area (Å²) in [6, 6.07) is 0. The van der Waals surface area contributed by atoms with Crippen LogP contribution < -0.4 is 0 Å². The van der Waals surface area contributed by atoms with Crippen molar-refractivity contribution in [1.29, 1.82) is 0 Å². The van der Waals surface area contributed by atoms with Crippen molar-refractivity contribution in [2.45, 2.75) is 0 Å². The van der Waals surface area contributed by atoms with Gasteiger partial charge in [0.1, 0.15) is 0 Å². The molecule has 0 radical (unpaired) electrons. The molecule has 0 aliphatic rings. The van der Waals surface area contributed by atoms with Crippen LogP contribution in [0.2, 0.25) is 0 Å². The van der Waals surface area contributed by atoms with Gasteiger partial charge in [0.15, 0.2) is 0 Å². The van der Waals surface area contributed by atoms with Crippen molar-refractivity contribution in [3.63, 3.8) is 0 Å². The van der Waals surface area contributed by atoms with E-state index in [1.807, 2.05) is 0 Å². The van der Waals surface area contributed by atoms with Gasteiger partial charge in [-0.25, -0.2) is 0 Å². The topological polar surface area (TPSA) is 85.3 Å². The molecular weight excluding hydrogens is 483 g/mol. The minimum Gasteiger partial charge on any atom is -0.287 e. The Bertz CT molecular complexity index is 503. The second-order valence-corrected chi connectivity index (χ2v) is 41.3. The molecule has 0 aliphatic heterocycles. The largest absolute Gasteiger partial charge is 0.330 e. The molecule has 0 spiro atoms. The summed E-state index contributed by atoms with van der Waals surface area (Å²) in [6.07, 6.45) is 0. The van der Waals surface area contributed by atoms with Gasteiger partial charge >= 0.3 is 28.7 Å². The van der Waals surface area contributed by atoms with E-state index in [2.05, 4.69) is 0 Å². The lowest BCUT2D eigenvalue weighted by atomic mass is 16.0. The zero-order valence-electron chi connectivity index (χ0n) is 6.92. The molecular formula is Cl7O5P5. The third-order valence-electron chi connectivity index (χ3n) is 1.18. The van der Waals surface area contributed by atoms with Gasteiger partial charge in [0.2, 0.25) is 0 Å². The number of halogens is 7. The molecule has 0 rings (SSSR count). The highest BCUT2D eigenvalue weighted by molar-refractivity contribution is 9.09. The monoisotopic (exact) mass is 480 g/mol.